The highest BCUT2D eigenvalue weighted by molar-refractivity contribution is 5.97. The number of nitrogens with two attached hydrogens (primary N) is 1. The zero-order valence-electron chi connectivity index (χ0n) is 11.3. The monoisotopic (exact) mass is 313 g/mol. The zero-order chi connectivity index (χ0) is 14.1. The van der Waals surface area contributed by atoms with Crippen LogP contribution in [0.1, 0.15) is 12.8 Å². The van der Waals surface area contributed by atoms with Gasteiger partial charge in [-0.05, 0) is 6.42 Å². The maximum absolute atomic E-state index is 11.9. The third-order valence-corrected chi connectivity index (χ3v) is 3.32. The molecule has 0 saturated carbocycles. The van der Waals surface area contributed by atoms with Crippen molar-refractivity contribution < 1.29 is 19.1 Å². The van der Waals surface area contributed by atoms with Gasteiger partial charge in [-0.15, -0.1) is 12.4 Å². The molecule has 1 aromatic carbocycles. The van der Waals surface area contributed by atoms with Crippen LogP contribution in [0.15, 0.2) is 12.1 Å². The molecule has 1 aromatic rings. The van der Waals surface area contributed by atoms with E-state index in [1.807, 2.05) is 0 Å². The van der Waals surface area contributed by atoms with E-state index in [1.165, 1.54) is 0 Å². The van der Waals surface area contributed by atoms with E-state index in [-0.39, 0.29) is 37.6 Å². The van der Waals surface area contributed by atoms with Crippen molar-refractivity contribution >= 4 is 35.6 Å². The van der Waals surface area contributed by atoms with Gasteiger partial charge in [0, 0.05) is 25.1 Å². The van der Waals surface area contributed by atoms with E-state index in [0.29, 0.717) is 35.8 Å². The van der Waals surface area contributed by atoms with E-state index in [1.54, 1.807) is 17.0 Å². The Bertz CT molecular complexity index is 579. The van der Waals surface area contributed by atoms with Crippen molar-refractivity contribution in [3.63, 3.8) is 0 Å². The van der Waals surface area contributed by atoms with Crippen LogP contribution < -0.4 is 20.5 Å². The summed E-state index contributed by atoms with van der Waals surface area (Å²) in [4.78, 5) is 24.9. The molecule has 0 aliphatic carbocycles. The van der Waals surface area contributed by atoms with Crippen LogP contribution in [-0.4, -0.2) is 36.6 Å². The largest absolute Gasteiger partial charge is 0.454 e. The molecule has 2 aliphatic rings. The number of ether oxygens (including phenoxy) is 2. The predicted octanol–water partition coefficient (Wildman–Crippen LogP) is 0.980. The molecule has 2 amide bonds. The molecule has 0 aromatic heterocycles. The number of hydrogen-bond acceptors (Lipinski definition) is 5. The summed E-state index contributed by atoms with van der Waals surface area (Å²) in [6, 6.07) is 3.24. The second-order valence-electron chi connectivity index (χ2n) is 4.76. The van der Waals surface area contributed by atoms with E-state index in [2.05, 4.69) is 5.32 Å². The molecular weight excluding hydrogens is 298 g/mol. The number of benzene rings is 1. The number of amides is 2. The summed E-state index contributed by atoms with van der Waals surface area (Å²) >= 11 is 0. The fourth-order valence-electron chi connectivity index (χ4n) is 2.30. The van der Waals surface area contributed by atoms with Crippen molar-refractivity contribution in [1.29, 1.82) is 0 Å². The Labute approximate surface area is 127 Å². The van der Waals surface area contributed by atoms with Crippen molar-refractivity contribution in [1.82, 2.24) is 4.90 Å². The van der Waals surface area contributed by atoms with E-state index < -0.39 is 0 Å². The maximum atomic E-state index is 11.9. The van der Waals surface area contributed by atoms with Crippen LogP contribution in [-0.2, 0) is 9.59 Å². The summed E-state index contributed by atoms with van der Waals surface area (Å²) < 4.78 is 10.4. The summed E-state index contributed by atoms with van der Waals surface area (Å²) in [5.41, 5.74) is 6.71. The molecule has 0 spiro atoms. The average molecular weight is 314 g/mol. The molecule has 2 heterocycles. The molecule has 0 bridgehead atoms. The zero-order valence-corrected chi connectivity index (χ0v) is 12.1. The third-order valence-electron chi connectivity index (χ3n) is 3.32. The Morgan fingerprint density at radius 3 is 2.71 bits per heavy atom. The van der Waals surface area contributed by atoms with E-state index in [9.17, 15) is 9.59 Å². The van der Waals surface area contributed by atoms with Gasteiger partial charge in [-0.1, -0.05) is 0 Å². The lowest BCUT2D eigenvalue weighted by Crippen LogP contribution is -2.34. The summed E-state index contributed by atoms with van der Waals surface area (Å²) in [5, 5.41) is 2.69. The predicted molar refractivity (Wildman–Crippen MR) is 78.7 cm³/mol. The molecule has 8 heteroatoms. The molecule has 0 radical (unpaired) electrons. The number of carbonyl (C=O) groups is 2. The number of nitrogens with zero attached hydrogens (tertiary/aromatic N) is 1. The number of halogens is 1. The van der Waals surface area contributed by atoms with Crippen LogP contribution in [0.25, 0.3) is 0 Å². The minimum atomic E-state index is -0.272. The number of nitrogen functional groups attached to an aromatic ring is 1. The smallest absolute Gasteiger partial charge is 0.244 e. The van der Waals surface area contributed by atoms with Crippen LogP contribution in [0.3, 0.4) is 0 Å². The Morgan fingerprint density at radius 1 is 1.33 bits per heavy atom. The van der Waals surface area contributed by atoms with Gasteiger partial charge in [0.1, 0.15) is 0 Å². The lowest BCUT2D eigenvalue weighted by molar-refractivity contribution is -0.131. The van der Waals surface area contributed by atoms with Crippen molar-refractivity contribution in [2.45, 2.75) is 12.8 Å². The second kappa shape index (κ2) is 6.09. The normalized spacial score (nSPS) is 15.8. The SMILES string of the molecule is Cl.Nc1cc2c(cc1NC(=O)CN1CCCC1=O)OCO2. The van der Waals surface area contributed by atoms with Gasteiger partial charge in [-0.25, -0.2) is 0 Å². The van der Waals surface area contributed by atoms with Crippen LogP contribution in [0.4, 0.5) is 11.4 Å². The fraction of sp³-hybridized carbons (Fsp3) is 0.385. The third kappa shape index (κ3) is 3.13. The number of anilines is 2. The number of nitrogens with one attached hydrogen (secondary N) is 1. The molecule has 7 nitrogen and oxygen atoms in total. The first-order chi connectivity index (χ1) is 9.63. The summed E-state index contributed by atoms with van der Waals surface area (Å²) in [5.74, 6) is 0.853. The van der Waals surface area contributed by atoms with Gasteiger partial charge in [-0.3, -0.25) is 9.59 Å². The highest BCUT2D eigenvalue weighted by Crippen LogP contribution is 2.38. The van der Waals surface area contributed by atoms with Gasteiger partial charge in [-0.2, -0.15) is 0 Å². The lowest BCUT2D eigenvalue weighted by Gasteiger charge is -2.15. The Morgan fingerprint density at radius 2 is 2.05 bits per heavy atom. The first-order valence-electron chi connectivity index (χ1n) is 6.40. The van der Waals surface area contributed by atoms with Crippen LogP contribution >= 0.6 is 12.4 Å². The molecule has 3 rings (SSSR count). The molecule has 0 atom stereocenters. The summed E-state index contributed by atoms with van der Waals surface area (Å²) in [6.45, 7) is 0.823. The Balaban J connectivity index is 0.00000161. The van der Waals surface area contributed by atoms with Crippen molar-refractivity contribution in [3.05, 3.63) is 12.1 Å². The quantitative estimate of drug-likeness (QED) is 0.811. The molecule has 3 N–H and O–H groups in total. The van der Waals surface area contributed by atoms with Gasteiger partial charge in [0.2, 0.25) is 18.6 Å². The number of likely N-dealkylation sites (tertiary alicyclic amines) is 1. The van der Waals surface area contributed by atoms with E-state index >= 15 is 0 Å². The molecule has 114 valence electrons. The first kappa shape index (κ1) is 15.2. The highest BCUT2D eigenvalue weighted by Gasteiger charge is 2.23. The Hall–Kier alpha value is -2.15. The molecule has 1 saturated heterocycles. The number of carbonyl (C=O) groups excluding carboxylic acids is 2. The summed E-state index contributed by atoms with van der Waals surface area (Å²) in [6.07, 6.45) is 1.32. The minimum absolute atomic E-state index is 0. The van der Waals surface area contributed by atoms with Gasteiger partial charge in [0.15, 0.2) is 11.5 Å². The molecule has 0 unspecified atom stereocenters. The molecule has 1 fully saturated rings. The van der Waals surface area contributed by atoms with E-state index in [0.717, 1.165) is 6.42 Å². The van der Waals surface area contributed by atoms with Gasteiger partial charge in [0.05, 0.1) is 17.9 Å². The molecule has 2 aliphatic heterocycles. The van der Waals surface area contributed by atoms with Crippen LogP contribution in [0, 0.1) is 0 Å². The minimum Gasteiger partial charge on any atom is -0.454 e. The van der Waals surface area contributed by atoms with Gasteiger partial charge < -0.3 is 25.4 Å². The van der Waals surface area contributed by atoms with E-state index in [4.69, 9.17) is 15.2 Å². The van der Waals surface area contributed by atoms with Gasteiger partial charge in [0.25, 0.3) is 0 Å². The lowest BCUT2D eigenvalue weighted by atomic mass is 10.2. The number of rotatable bonds is 3. The summed E-state index contributed by atoms with van der Waals surface area (Å²) in [7, 11) is 0. The maximum Gasteiger partial charge on any atom is 0.244 e. The Kier molecular flexibility index (Phi) is 4.42. The van der Waals surface area contributed by atoms with Crippen molar-refractivity contribution in [2.75, 3.05) is 30.9 Å². The molecule has 21 heavy (non-hydrogen) atoms. The van der Waals surface area contributed by atoms with Crippen molar-refractivity contribution in [2.24, 2.45) is 0 Å². The number of hydrogen-bond donors (Lipinski definition) is 2. The van der Waals surface area contributed by atoms with Crippen molar-refractivity contribution in [3.8, 4) is 11.5 Å². The standard InChI is InChI=1S/C13H15N3O4.ClH/c14-8-4-10-11(20-7-19-10)5-9(8)15-12(17)6-16-3-1-2-13(16)18;/h4-5H,1-3,6-7,14H2,(H,15,17);1H. The fourth-order valence-corrected chi connectivity index (χ4v) is 2.30. The first-order valence-corrected chi connectivity index (χ1v) is 6.40. The topological polar surface area (TPSA) is 93.9 Å². The average Bonchev–Trinajstić information content (AvgIpc) is 2.99. The van der Waals surface area contributed by atoms with Crippen LogP contribution in [0.2, 0.25) is 0 Å². The van der Waals surface area contributed by atoms with Crippen LogP contribution in [0.5, 0.6) is 11.5 Å². The number of fused-ring (bicyclic) bond motifs is 1. The second-order valence-corrected chi connectivity index (χ2v) is 4.76. The van der Waals surface area contributed by atoms with Gasteiger partial charge >= 0.3 is 0 Å². The highest BCUT2D eigenvalue weighted by atomic mass is 35.5. The molecular formula is C13H16ClN3O4.